The molecule has 1 unspecified atom stereocenters. The standard InChI is InChI=1S/C16H36P.C6H14N4O2/c1-5-9-13-17(14-10-6-2,15-11-7-3)16-12-8-4;7-4(5(11)12)2-1-3-10-6(8)9/h5-16H2,1-4H3;4H,1-3,7H2,(H,11,12)(H4,8,9,10). The zero-order valence-electron chi connectivity index (χ0n) is 19.6. The number of hydrogen-bond acceptors (Lipinski definition) is 3. The third kappa shape index (κ3) is 18.9. The van der Waals surface area contributed by atoms with Crippen LogP contribution in [0.3, 0.4) is 0 Å². The molecule has 0 saturated carbocycles. The van der Waals surface area contributed by atoms with Gasteiger partial charge in [-0.1, -0.05) is 53.4 Å². The Kier molecular flexibility index (Phi) is 21.3. The second-order valence-electron chi connectivity index (χ2n) is 8.08. The molecule has 6 nitrogen and oxygen atoms in total. The summed E-state index contributed by atoms with van der Waals surface area (Å²) in [5.74, 6) is -1.11. The molecule has 0 aromatic heterocycles. The molecule has 0 saturated heterocycles. The molecule has 0 amide bonds. The smallest absolute Gasteiger partial charge is 0.320 e. The lowest BCUT2D eigenvalue weighted by molar-refractivity contribution is -0.138. The van der Waals surface area contributed by atoms with Crippen LogP contribution in [-0.2, 0) is 4.79 Å². The molecule has 0 aliphatic rings. The first-order valence-corrected chi connectivity index (χ1v) is 14.2. The number of hydrogen-bond donors (Lipinski definition) is 5. The summed E-state index contributed by atoms with van der Waals surface area (Å²) in [6.07, 6.45) is 18.9. The van der Waals surface area contributed by atoms with Gasteiger partial charge in [0.2, 0.25) is 0 Å². The minimum Gasteiger partial charge on any atom is -0.480 e. The molecule has 1 radical (unpaired) electrons. The number of guanidine groups is 1. The highest BCUT2D eigenvalue weighted by atomic mass is 31.2. The van der Waals surface area contributed by atoms with Crippen molar-refractivity contribution in [2.45, 2.75) is 97.9 Å². The molecule has 7 N–H and O–H groups in total. The molecule has 0 fully saturated rings. The van der Waals surface area contributed by atoms with E-state index in [1.165, 1.54) is 51.4 Å². The van der Waals surface area contributed by atoms with Crippen LogP contribution in [0.1, 0.15) is 91.9 Å². The van der Waals surface area contributed by atoms with Crippen molar-refractivity contribution >= 4 is 19.2 Å². The van der Waals surface area contributed by atoms with Crippen LogP contribution >= 0.6 is 7.26 Å². The van der Waals surface area contributed by atoms with Crippen molar-refractivity contribution in [3.05, 3.63) is 0 Å². The van der Waals surface area contributed by atoms with E-state index in [1.54, 1.807) is 24.6 Å². The van der Waals surface area contributed by atoms with Gasteiger partial charge in [-0.3, -0.25) is 10.2 Å². The number of carboxylic acids is 1. The van der Waals surface area contributed by atoms with Gasteiger partial charge in [0.25, 0.3) is 0 Å². The molecule has 0 aliphatic carbocycles. The number of carbonyl (C=O) groups is 1. The maximum atomic E-state index is 10.2. The van der Waals surface area contributed by atoms with Crippen molar-refractivity contribution in [3.63, 3.8) is 0 Å². The molecule has 0 spiro atoms. The predicted octanol–water partition coefficient (Wildman–Crippen LogP) is 4.87. The Balaban J connectivity index is 0. The van der Waals surface area contributed by atoms with Crippen molar-refractivity contribution in [3.8, 4) is 0 Å². The highest BCUT2D eigenvalue weighted by Gasteiger charge is 2.24. The van der Waals surface area contributed by atoms with Crippen molar-refractivity contribution < 1.29 is 9.90 Å². The van der Waals surface area contributed by atoms with E-state index >= 15 is 0 Å². The van der Waals surface area contributed by atoms with Gasteiger partial charge >= 0.3 is 5.97 Å². The summed E-state index contributed by atoms with van der Waals surface area (Å²) < 4.78 is 0. The fourth-order valence-corrected chi connectivity index (χ4v) is 8.60. The molecule has 7 heteroatoms. The summed E-state index contributed by atoms with van der Waals surface area (Å²) in [5.41, 5.74) is 10.2. The van der Waals surface area contributed by atoms with Gasteiger partial charge in [0.15, 0.2) is 5.96 Å². The summed E-state index contributed by atoms with van der Waals surface area (Å²) >= 11 is 0. The summed E-state index contributed by atoms with van der Waals surface area (Å²) in [6, 6.07) is -0.821. The fraction of sp³-hybridized carbons (Fsp3) is 0.909. The largest absolute Gasteiger partial charge is 0.480 e. The van der Waals surface area contributed by atoms with Crippen molar-refractivity contribution in [2.24, 2.45) is 11.5 Å². The van der Waals surface area contributed by atoms with Gasteiger partial charge in [0, 0.05) is 6.54 Å². The maximum absolute atomic E-state index is 10.2. The van der Waals surface area contributed by atoms with Crippen LogP contribution in [0.25, 0.3) is 0 Å². The minimum atomic E-state index is -1.00. The summed E-state index contributed by atoms with van der Waals surface area (Å²) in [6.45, 7) is 9.90. The molecule has 29 heavy (non-hydrogen) atoms. The van der Waals surface area contributed by atoms with Gasteiger partial charge in [-0.25, -0.2) is 0 Å². The monoisotopic (exact) mass is 433 g/mol. The number of unbranched alkanes of at least 4 members (excludes halogenated alkanes) is 4. The summed E-state index contributed by atoms with van der Waals surface area (Å²) in [7, 11) is -0.562. The first-order valence-electron chi connectivity index (χ1n) is 11.7. The summed E-state index contributed by atoms with van der Waals surface area (Å²) in [4.78, 5) is 10.2. The molecule has 1 atom stereocenters. The second kappa shape index (κ2) is 20.4. The van der Waals surface area contributed by atoms with E-state index in [4.69, 9.17) is 22.0 Å². The average molecular weight is 434 g/mol. The molecular formula is C22H50N4O2P. The average Bonchev–Trinajstić information content (AvgIpc) is 2.70. The molecular weight excluding hydrogens is 383 g/mol. The fourth-order valence-electron chi connectivity index (χ4n) is 3.31. The highest BCUT2D eigenvalue weighted by molar-refractivity contribution is 7.75. The first-order chi connectivity index (χ1) is 13.8. The molecule has 0 aliphatic heterocycles. The minimum absolute atomic E-state index is 0.112. The zero-order chi connectivity index (χ0) is 22.5. The van der Waals surface area contributed by atoms with Crippen LogP contribution in [0.2, 0.25) is 0 Å². The van der Waals surface area contributed by atoms with Crippen LogP contribution in [0.15, 0.2) is 0 Å². The maximum Gasteiger partial charge on any atom is 0.320 e. The van der Waals surface area contributed by atoms with Crippen LogP contribution in [0, 0.1) is 5.41 Å². The van der Waals surface area contributed by atoms with Gasteiger partial charge in [-0.15, -0.1) is 7.26 Å². The first kappa shape index (κ1) is 30.3. The van der Waals surface area contributed by atoms with E-state index in [0.29, 0.717) is 19.4 Å². The van der Waals surface area contributed by atoms with Crippen LogP contribution < -0.4 is 16.8 Å². The second-order valence-corrected chi connectivity index (χ2v) is 12.5. The van der Waals surface area contributed by atoms with Crippen LogP contribution in [-0.4, -0.2) is 54.3 Å². The lowest BCUT2D eigenvalue weighted by Gasteiger charge is -2.37. The number of aliphatic carboxylic acids is 1. The molecule has 0 heterocycles. The van der Waals surface area contributed by atoms with Crippen molar-refractivity contribution in [1.82, 2.24) is 5.32 Å². The SMILES string of the molecule is CCCC[P](CCCC)(CCCC)CCCC.N=C(N)NCCCC(N)C(=O)O. The predicted molar refractivity (Wildman–Crippen MR) is 131 cm³/mol. The molecule has 0 aromatic carbocycles. The van der Waals surface area contributed by atoms with E-state index in [9.17, 15) is 4.79 Å². The molecule has 175 valence electrons. The van der Waals surface area contributed by atoms with E-state index in [-0.39, 0.29) is 5.96 Å². The lowest BCUT2D eigenvalue weighted by atomic mass is 10.2. The van der Waals surface area contributed by atoms with Gasteiger partial charge in [0.1, 0.15) is 6.04 Å². The molecule has 0 rings (SSSR count). The van der Waals surface area contributed by atoms with Gasteiger partial charge in [0.05, 0.1) is 0 Å². The van der Waals surface area contributed by atoms with E-state index in [1.807, 2.05) is 0 Å². The van der Waals surface area contributed by atoms with E-state index < -0.39 is 19.3 Å². The normalized spacial score (nSPS) is 12.0. The Bertz CT molecular complexity index is 371. The van der Waals surface area contributed by atoms with Gasteiger partial charge in [-0.2, -0.15) is 0 Å². The third-order valence-corrected chi connectivity index (χ3v) is 10.3. The topological polar surface area (TPSA) is 125 Å². The van der Waals surface area contributed by atoms with Gasteiger partial charge in [-0.05, 0) is 63.2 Å². The Morgan fingerprint density at radius 1 is 0.897 bits per heavy atom. The van der Waals surface area contributed by atoms with Crippen molar-refractivity contribution in [2.75, 3.05) is 31.2 Å². The lowest BCUT2D eigenvalue weighted by Crippen LogP contribution is -2.34. The van der Waals surface area contributed by atoms with Gasteiger partial charge < -0.3 is 21.9 Å². The molecule has 0 bridgehead atoms. The quantitative estimate of drug-likeness (QED) is 0.0968. The number of nitrogens with two attached hydrogens (primary N) is 2. The number of carboxylic acid groups (broad SMARTS) is 1. The Hall–Kier alpha value is -0.870. The highest BCUT2D eigenvalue weighted by Crippen LogP contribution is 2.61. The van der Waals surface area contributed by atoms with Crippen molar-refractivity contribution in [1.29, 1.82) is 5.41 Å². The number of nitrogens with one attached hydrogen (secondary N) is 2. The number of rotatable bonds is 17. The Morgan fingerprint density at radius 3 is 1.55 bits per heavy atom. The summed E-state index contributed by atoms with van der Waals surface area (Å²) in [5, 5.41) is 17.7. The third-order valence-electron chi connectivity index (χ3n) is 5.27. The van der Waals surface area contributed by atoms with E-state index in [0.717, 1.165) is 0 Å². The van der Waals surface area contributed by atoms with Crippen LogP contribution in [0.5, 0.6) is 0 Å². The zero-order valence-corrected chi connectivity index (χ0v) is 20.5. The van der Waals surface area contributed by atoms with Crippen LogP contribution in [0.4, 0.5) is 0 Å². The Labute approximate surface area is 180 Å². The Morgan fingerprint density at radius 2 is 1.28 bits per heavy atom. The van der Waals surface area contributed by atoms with E-state index in [2.05, 4.69) is 33.0 Å². The molecule has 0 aromatic rings.